The van der Waals surface area contributed by atoms with Crippen LogP contribution in [-0.2, 0) is 10.3 Å². The Labute approximate surface area is 78.7 Å². The molecule has 3 heteroatoms. The predicted molar refractivity (Wildman–Crippen MR) is 47.4 cm³/mol. The highest BCUT2D eigenvalue weighted by Crippen LogP contribution is 2.42. The predicted octanol–water partition coefficient (Wildman–Crippen LogP) is 2.83. The van der Waals surface area contributed by atoms with Crippen molar-refractivity contribution in [2.24, 2.45) is 0 Å². The van der Waals surface area contributed by atoms with Gasteiger partial charge in [-0.25, -0.2) is 4.39 Å². The van der Waals surface area contributed by atoms with Crippen molar-refractivity contribution in [2.75, 3.05) is 6.61 Å². The van der Waals surface area contributed by atoms with E-state index in [1.807, 2.05) is 13.0 Å². The van der Waals surface area contributed by atoms with Gasteiger partial charge in [-0.05, 0) is 19.1 Å². The van der Waals surface area contributed by atoms with Gasteiger partial charge in [-0.3, -0.25) is 0 Å². The van der Waals surface area contributed by atoms with Gasteiger partial charge in [0.05, 0.1) is 6.61 Å². The zero-order valence-corrected chi connectivity index (χ0v) is 8.19. The fourth-order valence-corrected chi connectivity index (χ4v) is 2.02. The van der Waals surface area contributed by atoms with Crippen molar-refractivity contribution in [3.05, 3.63) is 34.1 Å². The summed E-state index contributed by atoms with van der Waals surface area (Å²) in [6, 6.07) is 4.95. The van der Waals surface area contributed by atoms with Gasteiger partial charge in [0, 0.05) is 10.0 Å². The zero-order chi connectivity index (χ0) is 8.77. The molecule has 1 heterocycles. The molecule has 0 radical (unpaired) electrons. The molecule has 0 saturated carbocycles. The molecular formula is C9H8BrFO. The molecule has 1 aromatic rings. The summed E-state index contributed by atoms with van der Waals surface area (Å²) < 4.78 is 19.2. The number of halogens is 2. The van der Waals surface area contributed by atoms with Crippen LogP contribution < -0.4 is 0 Å². The van der Waals surface area contributed by atoms with Crippen LogP contribution in [0, 0.1) is 5.82 Å². The van der Waals surface area contributed by atoms with Crippen LogP contribution in [0.5, 0.6) is 0 Å². The van der Waals surface area contributed by atoms with Gasteiger partial charge >= 0.3 is 0 Å². The molecule has 1 atom stereocenters. The minimum atomic E-state index is -0.399. The van der Waals surface area contributed by atoms with Gasteiger partial charge in [-0.2, -0.15) is 0 Å². The SMILES string of the molecule is CC1(c2c(F)cccc2Br)CO1. The van der Waals surface area contributed by atoms with E-state index >= 15 is 0 Å². The van der Waals surface area contributed by atoms with Crippen molar-refractivity contribution in [3.63, 3.8) is 0 Å². The summed E-state index contributed by atoms with van der Waals surface area (Å²) in [4.78, 5) is 0. The Bertz CT molecular complexity index is 300. The molecule has 0 amide bonds. The minimum Gasteiger partial charge on any atom is -0.365 e. The fraction of sp³-hybridized carbons (Fsp3) is 0.333. The van der Waals surface area contributed by atoms with Crippen LogP contribution in [0.3, 0.4) is 0 Å². The van der Waals surface area contributed by atoms with E-state index in [1.165, 1.54) is 6.07 Å². The molecule has 2 rings (SSSR count). The van der Waals surface area contributed by atoms with Crippen molar-refractivity contribution < 1.29 is 9.13 Å². The Hall–Kier alpha value is -0.410. The van der Waals surface area contributed by atoms with E-state index in [-0.39, 0.29) is 5.82 Å². The molecule has 1 saturated heterocycles. The van der Waals surface area contributed by atoms with Crippen molar-refractivity contribution in [2.45, 2.75) is 12.5 Å². The first kappa shape index (κ1) is 8.20. The standard InChI is InChI=1S/C9H8BrFO/c1-9(5-12-9)8-6(10)3-2-4-7(8)11/h2-4H,5H2,1H3. The Balaban J connectivity index is 2.55. The summed E-state index contributed by atoms with van der Waals surface area (Å²) in [7, 11) is 0. The highest BCUT2D eigenvalue weighted by atomic mass is 79.9. The molecular weight excluding hydrogens is 223 g/mol. The molecule has 1 nitrogen and oxygen atoms in total. The molecule has 0 bridgehead atoms. The zero-order valence-electron chi connectivity index (χ0n) is 6.60. The summed E-state index contributed by atoms with van der Waals surface area (Å²) >= 11 is 3.30. The van der Waals surface area contributed by atoms with Crippen molar-refractivity contribution in [1.82, 2.24) is 0 Å². The summed E-state index contributed by atoms with van der Waals surface area (Å²) in [6.45, 7) is 2.49. The first-order valence-electron chi connectivity index (χ1n) is 3.72. The lowest BCUT2D eigenvalue weighted by Gasteiger charge is -2.08. The Morgan fingerprint density at radius 1 is 1.58 bits per heavy atom. The van der Waals surface area contributed by atoms with Gasteiger partial charge in [-0.15, -0.1) is 0 Å². The molecule has 1 aromatic carbocycles. The monoisotopic (exact) mass is 230 g/mol. The van der Waals surface area contributed by atoms with E-state index in [1.54, 1.807) is 6.07 Å². The maximum Gasteiger partial charge on any atom is 0.130 e. The molecule has 12 heavy (non-hydrogen) atoms. The Morgan fingerprint density at radius 2 is 2.25 bits per heavy atom. The second-order valence-electron chi connectivity index (χ2n) is 3.12. The molecule has 1 unspecified atom stereocenters. The largest absolute Gasteiger partial charge is 0.365 e. The number of hydrogen-bond donors (Lipinski definition) is 0. The number of ether oxygens (including phenoxy) is 1. The quantitative estimate of drug-likeness (QED) is 0.677. The smallest absolute Gasteiger partial charge is 0.130 e. The first-order valence-corrected chi connectivity index (χ1v) is 4.51. The molecule has 1 aliphatic rings. The average Bonchev–Trinajstić information content (AvgIpc) is 2.68. The maximum absolute atomic E-state index is 13.3. The molecule has 64 valence electrons. The molecule has 0 aliphatic carbocycles. The van der Waals surface area contributed by atoms with Crippen LogP contribution in [0.2, 0.25) is 0 Å². The Morgan fingerprint density at radius 3 is 2.75 bits per heavy atom. The maximum atomic E-state index is 13.3. The third kappa shape index (κ3) is 1.17. The van der Waals surface area contributed by atoms with E-state index in [4.69, 9.17) is 4.74 Å². The lowest BCUT2D eigenvalue weighted by atomic mass is 10.0. The number of benzene rings is 1. The molecule has 0 spiro atoms. The second kappa shape index (κ2) is 2.54. The van der Waals surface area contributed by atoms with E-state index in [0.29, 0.717) is 12.2 Å². The van der Waals surface area contributed by atoms with Crippen LogP contribution in [-0.4, -0.2) is 6.61 Å². The third-order valence-corrected chi connectivity index (χ3v) is 2.73. The van der Waals surface area contributed by atoms with Gasteiger partial charge in [0.15, 0.2) is 0 Å². The highest BCUT2D eigenvalue weighted by Gasteiger charge is 2.44. The van der Waals surface area contributed by atoms with Crippen LogP contribution in [0.15, 0.2) is 22.7 Å². The second-order valence-corrected chi connectivity index (χ2v) is 3.97. The summed E-state index contributed by atoms with van der Waals surface area (Å²) in [5.74, 6) is -0.204. The van der Waals surface area contributed by atoms with Crippen molar-refractivity contribution >= 4 is 15.9 Å². The fourth-order valence-electron chi connectivity index (χ4n) is 1.26. The van der Waals surface area contributed by atoms with E-state index < -0.39 is 5.60 Å². The van der Waals surface area contributed by atoms with E-state index in [9.17, 15) is 4.39 Å². The van der Waals surface area contributed by atoms with Crippen LogP contribution in [0.25, 0.3) is 0 Å². The minimum absolute atomic E-state index is 0.204. The van der Waals surface area contributed by atoms with Crippen molar-refractivity contribution in [3.8, 4) is 0 Å². The highest BCUT2D eigenvalue weighted by molar-refractivity contribution is 9.10. The number of epoxide rings is 1. The van der Waals surface area contributed by atoms with E-state index in [0.717, 1.165) is 4.47 Å². The summed E-state index contributed by atoms with van der Waals surface area (Å²) in [6.07, 6.45) is 0. The normalized spacial score (nSPS) is 27.2. The summed E-state index contributed by atoms with van der Waals surface area (Å²) in [5, 5.41) is 0. The van der Waals surface area contributed by atoms with Gasteiger partial charge in [0.1, 0.15) is 11.4 Å². The summed E-state index contributed by atoms with van der Waals surface area (Å²) in [5.41, 5.74) is 0.231. The van der Waals surface area contributed by atoms with Gasteiger partial charge < -0.3 is 4.74 Å². The average molecular weight is 231 g/mol. The van der Waals surface area contributed by atoms with Crippen LogP contribution >= 0.6 is 15.9 Å². The lowest BCUT2D eigenvalue weighted by Crippen LogP contribution is -2.06. The number of rotatable bonds is 1. The topological polar surface area (TPSA) is 12.5 Å². The van der Waals surface area contributed by atoms with Gasteiger partial charge in [0.2, 0.25) is 0 Å². The number of hydrogen-bond acceptors (Lipinski definition) is 1. The molecule has 1 fully saturated rings. The van der Waals surface area contributed by atoms with Gasteiger partial charge in [0.25, 0.3) is 0 Å². The molecule has 0 aromatic heterocycles. The van der Waals surface area contributed by atoms with Crippen LogP contribution in [0.1, 0.15) is 12.5 Å². The van der Waals surface area contributed by atoms with Gasteiger partial charge in [-0.1, -0.05) is 22.0 Å². The lowest BCUT2D eigenvalue weighted by molar-refractivity contribution is 0.320. The van der Waals surface area contributed by atoms with E-state index in [2.05, 4.69) is 15.9 Å². The van der Waals surface area contributed by atoms with Crippen molar-refractivity contribution in [1.29, 1.82) is 0 Å². The molecule has 0 N–H and O–H groups in total. The third-order valence-electron chi connectivity index (χ3n) is 2.07. The molecule has 1 aliphatic heterocycles. The van der Waals surface area contributed by atoms with Crippen LogP contribution in [0.4, 0.5) is 4.39 Å². The Kier molecular flexibility index (Phi) is 1.73. The first-order chi connectivity index (χ1) is 5.63.